The standard InChI is InChI=1S/C18H29NO4.ClH/c1-5-15(11-12-21-4)17(14(3)22-18(20)13(2)19)23-16-9-7-6-8-10-16;/h6-10,13-15,17H,5,11-12,19H2,1-4H3;1H/t13-,14-,15-,17-;/m0./s1. The van der Waals surface area contributed by atoms with Crippen LogP contribution in [-0.4, -0.2) is 37.9 Å². The molecule has 4 atom stereocenters. The molecular weight excluding hydrogens is 330 g/mol. The van der Waals surface area contributed by atoms with E-state index >= 15 is 0 Å². The highest BCUT2D eigenvalue weighted by atomic mass is 35.5. The van der Waals surface area contributed by atoms with Crippen molar-refractivity contribution in [3.63, 3.8) is 0 Å². The molecule has 24 heavy (non-hydrogen) atoms. The first kappa shape index (κ1) is 22.7. The number of carbonyl (C=O) groups excluding carboxylic acids is 1. The first-order valence-corrected chi connectivity index (χ1v) is 8.16. The highest BCUT2D eigenvalue weighted by Gasteiger charge is 2.31. The first-order valence-electron chi connectivity index (χ1n) is 8.16. The zero-order valence-electron chi connectivity index (χ0n) is 14.9. The number of hydrogen-bond donors (Lipinski definition) is 1. The van der Waals surface area contributed by atoms with Crippen molar-refractivity contribution in [1.29, 1.82) is 0 Å². The molecule has 0 aliphatic heterocycles. The Labute approximate surface area is 151 Å². The van der Waals surface area contributed by atoms with Gasteiger partial charge in [-0.3, -0.25) is 4.79 Å². The Hall–Kier alpha value is -1.30. The van der Waals surface area contributed by atoms with Gasteiger partial charge in [-0.2, -0.15) is 0 Å². The Morgan fingerprint density at radius 1 is 1.21 bits per heavy atom. The summed E-state index contributed by atoms with van der Waals surface area (Å²) in [6.45, 7) is 6.20. The Morgan fingerprint density at radius 3 is 2.33 bits per heavy atom. The van der Waals surface area contributed by atoms with Crippen molar-refractivity contribution in [2.45, 2.75) is 51.9 Å². The lowest BCUT2D eigenvalue weighted by atomic mass is 9.92. The number of esters is 1. The van der Waals surface area contributed by atoms with Crippen LogP contribution >= 0.6 is 12.4 Å². The van der Waals surface area contributed by atoms with E-state index in [0.29, 0.717) is 6.61 Å². The second-order valence-electron chi connectivity index (χ2n) is 5.78. The Bertz CT molecular complexity index is 456. The zero-order chi connectivity index (χ0) is 17.2. The molecule has 0 radical (unpaired) electrons. The fourth-order valence-corrected chi connectivity index (χ4v) is 2.46. The van der Waals surface area contributed by atoms with Crippen LogP contribution in [0.15, 0.2) is 30.3 Å². The smallest absolute Gasteiger partial charge is 0.323 e. The lowest BCUT2D eigenvalue weighted by molar-refractivity contribution is -0.155. The molecule has 6 heteroatoms. The molecule has 1 rings (SSSR count). The molecule has 1 aromatic carbocycles. The minimum Gasteiger partial charge on any atom is -0.486 e. The van der Waals surface area contributed by atoms with E-state index in [1.165, 1.54) is 0 Å². The third-order valence-corrected chi connectivity index (χ3v) is 3.83. The lowest BCUT2D eigenvalue weighted by Gasteiger charge is -2.32. The van der Waals surface area contributed by atoms with Gasteiger partial charge in [0.15, 0.2) is 0 Å². The third-order valence-electron chi connectivity index (χ3n) is 3.83. The van der Waals surface area contributed by atoms with Crippen LogP contribution in [0.25, 0.3) is 0 Å². The van der Waals surface area contributed by atoms with E-state index in [9.17, 15) is 4.79 Å². The van der Waals surface area contributed by atoms with Gasteiger partial charge in [-0.05, 0) is 38.8 Å². The van der Waals surface area contributed by atoms with Crippen molar-refractivity contribution in [2.24, 2.45) is 11.7 Å². The molecule has 0 fully saturated rings. The van der Waals surface area contributed by atoms with E-state index in [1.807, 2.05) is 37.3 Å². The number of carbonyl (C=O) groups is 1. The van der Waals surface area contributed by atoms with Crippen molar-refractivity contribution in [3.8, 4) is 5.75 Å². The quantitative estimate of drug-likeness (QED) is 0.649. The van der Waals surface area contributed by atoms with Crippen LogP contribution < -0.4 is 10.5 Å². The van der Waals surface area contributed by atoms with E-state index in [2.05, 4.69) is 6.92 Å². The molecule has 0 aliphatic rings. The molecule has 0 saturated carbocycles. The largest absolute Gasteiger partial charge is 0.486 e. The van der Waals surface area contributed by atoms with Gasteiger partial charge in [0.2, 0.25) is 0 Å². The molecule has 138 valence electrons. The molecule has 0 spiro atoms. The molecule has 0 aliphatic carbocycles. The number of halogens is 1. The summed E-state index contributed by atoms with van der Waals surface area (Å²) in [6, 6.07) is 8.92. The number of benzene rings is 1. The highest BCUT2D eigenvalue weighted by Crippen LogP contribution is 2.24. The average molecular weight is 360 g/mol. The number of para-hydroxylation sites is 1. The number of methoxy groups -OCH3 is 1. The van der Waals surface area contributed by atoms with Gasteiger partial charge in [0.05, 0.1) is 0 Å². The molecule has 0 saturated heterocycles. The molecular formula is C18H30ClNO4. The maximum absolute atomic E-state index is 11.8. The van der Waals surface area contributed by atoms with E-state index in [1.54, 1.807) is 14.0 Å². The van der Waals surface area contributed by atoms with E-state index in [0.717, 1.165) is 18.6 Å². The van der Waals surface area contributed by atoms with Gasteiger partial charge in [-0.15, -0.1) is 12.4 Å². The van der Waals surface area contributed by atoms with Crippen molar-refractivity contribution in [2.75, 3.05) is 13.7 Å². The van der Waals surface area contributed by atoms with Crippen LogP contribution in [0, 0.1) is 5.92 Å². The predicted molar refractivity (Wildman–Crippen MR) is 97.6 cm³/mol. The monoisotopic (exact) mass is 359 g/mol. The third kappa shape index (κ3) is 7.51. The van der Waals surface area contributed by atoms with Gasteiger partial charge in [-0.25, -0.2) is 0 Å². The fourth-order valence-electron chi connectivity index (χ4n) is 2.46. The molecule has 1 aromatic rings. The van der Waals surface area contributed by atoms with E-state index in [4.69, 9.17) is 19.9 Å². The van der Waals surface area contributed by atoms with Crippen LogP contribution in [0.2, 0.25) is 0 Å². The molecule has 2 N–H and O–H groups in total. The zero-order valence-corrected chi connectivity index (χ0v) is 15.8. The lowest BCUT2D eigenvalue weighted by Crippen LogP contribution is -2.42. The second kappa shape index (κ2) is 12.1. The van der Waals surface area contributed by atoms with Gasteiger partial charge in [0.1, 0.15) is 24.0 Å². The average Bonchev–Trinajstić information content (AvgIpc) is 2.55. The SMILES string of the molecule is CC[C@@H](CCOC)[C@@H](Oc1ccccc1)[C@H](C)OC(=O)[C@H](C)N.Cl. The summed E-state index contributed by atoms with van der Waals surface area (Å²) >= 11 is 0. The number of nitrogens with two attached hydrogens (primary N) is 1. The Kier molecular flexibility index (Phi) is 11.5. The second-order valence-corrected chi connectivity index (χ2v) is 5.78. The molecule has 0 heterocycles. The normalized spacial score (nSPS) is 15.5. The van der Waals surface area contributed by atoms with Crippen LogP contribution in [0.1, 0.15) is 33.6 Å². The minimum absolute atomic E-state index is 0. The predicted octanol–water partition coefficient (Wildman–Crippen LogP) is 3.20. The Morgan fingerprint density at radius 2 is 1.83 bits per heavy atom. The van der Waals surface area contributed by atoms with Crippen molar-refractivity contribution in [3.05, 3.63) is 30.3 Å². The summed E-state index contributed by atoms with van der Waals surface area (Å²) in [5, 5.41) is 0. The molecule has 0 unspecified atom stereocenters. The number of hydrogen-bond acceptors (Lipinski definition) is 5. The van der Waals surface area contributed by atoms with Gasteiger partial charge in [-0.1, -0.05) is 25.1 Å². The van der Waals surface area contributed by atoms with Gasteiger partial charge >= 0.3 is 5.97 Å². The van der Waals surface area contributed by atoms with E-state index in [-0.39, 0.29) is 24.4 Å². The van der Waals surface area contributed by atoms with Crippen LogP contribution in [0.5, 0.6) is 5.75 Å². The minimum atomic E-state index is -0.645. The van der Waals surface area contributed by atoms with Crippen LogP contribution in [0.3, 0.4) is 0 Å². The fraction of sp³-hybridized carbons (Fsp3) is 0.611. The number of ether oxygens (including phenoxy) is 3. The molecule has 5 nitrogen and oxygen atoms in total. The topological polar surface area (TPSA) is 70.8 Å². The first-order chi connectivity index (χ1) is 11.0. The van der Waals surface area contributed by atoms with Crippen molar-refractivity contribution >= 4 is 18.4 Å². The molecule has 0 bridgehead atoms. The highest BCUT2D eigenvalue weighted by molar-refractivity contribution is 5.85. The summed E-state index contributed by atoms with van der Waals surface area (Å²) in [7, 11) is 1.68. The summed E-state index contributed by atoms with van der Waals surface area (Å²) in [6.07, 6.45) is 1.10. The van der Waals surface area contributed by atoms with Crippen LogP contribution in [-0.2, 0) is 14.3 Å². The summed E-state index contributed by atoms with van der Waals surface area (Å²) in [5.41, 5.74) is 5.59. The number of rotatable bonds is 10. The summed E-state index contributed by atoms with van der Waals surface area (Å²) < 4.78 is 16.8. The maximum Gasteiger partial charge on any atom is 0.323 e. The van der Waals surface area contributed by atoms with E-state index < -0.39 is 18.1 Å². The van der Waals surface area contributed by atoms with Crippen molar-refractivity contribution in [1.82, 2.24) is 0 Å². The van der Waals surface area contributed by atoms with Gasteiger partial charge < -0.3 is 19.9 Å². The summed E-state index contributed by atoms with van der Waals surface area (Å²) in [4.78, 5) is 11.8. The molecule has 0 amide bonds. The van der Waals surface area contributed by atoms with Crippen LogP contribution in [0.4, 0.5) is 0 Å². The van der Waals surface area contributed by atoms with Gasteiger partial charge in [0, 0.05) is 19.6 Å². The van der Waals surface area contributed by atoms with Gasteiger partial charge in [0.25, 0.3) is 0 Å². The van der Waals surface area contributed by atoms with Crippen molar-refractivity contribution < 1.29 is 19.0 Å². The maximum atomic E-state index is 11.8. The molecule has 0 aromatic heterocycles. The Balaban J connectivity index is 0.00000529. The summed E-state index contributed by atoms with van der Waals surface area (Å²) in [5.74, 6) is 0.559.